The van der Waals surface area contributed by atoms with Crippen molar-refractivity contribution in [1.29, 1.82) is 0 Å². The summed E-state index contributed by atoms with van der Waals surface area (Å²) < 4.78 is 6.13. The van der Waals surface area contributed by atoms with Crippen molar-refractivity contribution in [3.63, 3.8) is 0 Å². The summed E-state index contributed by atoms with van der Waals surface area (Å²) in [7, 11) is 1.63. The third-order valence-electron chi connectivity index (χ3n) is 4.17. The van der Waals surface area contributed by atoms with Crippen molar-refractivity contribution < 1.29 is 9.53 Å². The molecule has 2 aromatic rings. The number of methoxy groups -OCH3 is 1. The Morgan fingerprint density at radius 2 is 1.93 bits per heavy atom. The molecule has 0 spiro atoms. The van der Waals surface area contributed by atoms with E-state index >= 15 is 0 Å². The average Bonchev–Trinajstić information content (AvgIpc) is 2.92. The number of aliphatic imine (C=N–C) groups is 1. The molecule has 1 aliphatic rings. The first-order valence-corrected chi connectivity index (χ1v) is 10.7. The normalized spacial score (nSPS) is 17.2. The fourth-order valence-corrected chi connectivity index (χ4v) is 4.34. The zero-order valence-corrected chi connectivity index (χ0v) is 18.8. The number of halogens is 1. The highest BCUT2D eigenvalue weighted by Gasteiger charge is 2.33. The lowest BCUT2D eigenvalue weighted by Crippen LogP contribution is -2.32. The van der Waals surface area contributed by atoms with Crippen LogP contribution in [0, 0.1) is 12.8 Å². The summed E-state index contributed by atoms with van der Waals surface area (Å²) in [5.41, 5.74) is 2.97. The van der Waals surface area contributed by atoms with Gasteiger partial charge in [0.2, 0.25) is 0 Å². The van der Waals surface area contributed by atoms with Crippen molar-refractivity contribution in [3.05, 3.63) is 63.0 Å². The molecule has 1 heterocycles. The summed E-state index contributed by atoms with van der Waals surface area (Å²) in [6, 6.07) is 13.8. The Hall–Kier alpha value is -2.05. The summed E-state index contributed by atoms with van der Waals surface area (Å²) in [5.74, 6) is 1.11. The van der Waals surface area contributed by atoms with Gasteiger partial charge in [-0.1, -0.05) is 37.6 Å². The number of rotatable bonds is 5. The molecule has 6 heteroatoms. The van der Waals surface area contributed by atoms with Crippen LogP contribution >= 0.6 is 27.7 Å². The Morgan fingerprint density at radius 3 is 2.54 bits per heavy atom. The molecule has 1 amide bonds. The van der Waals surface area contributed by atoms with Crippen LogP contribution in [0.25, 0.3) is 6.08 Å². The molecule has 4 nitrogen and oxygen atoms in total. The second-order valence-corrected chi connectivity index (χ2v) is 8.91. The molecule has 1 aliphatic heterocycles. The first kappa shape index (κ1) is 20.7. The van der Waals surface area contributed by atoms with Crippen LogP contribution in [0.4, 0.5) is 5.69 Å². The van der Waals surface area contributed by atoms with E-state index in [0.717, 1.165) is 26.6 Å². The third-order valence-corrected chi connectivity index (χ3v) is 5.79. The summed E-state index contributed by atoms with van der Waals surface area (Å²) >= 11 is 4.92. The van der Waals surface area contributed by atoms with Gasteiger partial charge in [0.15, 0.2) is 5.17 Å². The van der Waals surface area contributed by atoms with E-state index in [2.05, 4.69) is 29.8 Å². The van der Waals surface area contributed by atoms with Crippen molar-refractivity contribution >= 4 is 50.5 Å². The van der Waals surface area contributed by atoms with E-state index in [0.29, 0.717) is 17.4 Å². The van der Waals surface area contributed by atoms with E-state index in [1.54, 1.807) is 12.0 Å². The Bertz CT molecular complexity index is 936. The molecule has 0 unspecified atom stereocenters. The number of ether oxygens (including phenoxy) is 1. The van der Waals surface area contributed by atoms with Gasteiger partial charge in [-0.25, -0.2) is 4.99 Å². The molecule has 0 atom stereocenters. The number of amidine groups is 1. The Balaban J connectivity index is 1.94. The van der Waals surface area contributed by atoms with Crippen molar-refractivity contribution in [1.82, 2.24) is 4.90 Å². The molecule has 146 valence electrons. The molecular formula is C22H23BrN2O2S. The van der Waals surface area contributed by atoms with Gasteiger partial charge in [-0.05, 0) is 76.4 Å². The third kappa shape index (κ3) is 4.86. The molecule has 0 N–H and O–H groups in total. The first-order valence-electron chi connectivity index (χ1n) is 9.07. The van der Waals surface area contributed by atoms with Crippen molar-refractivity contribution in [2.75, 3.05) is 13.7 Å². The maximum Gasteiger partial charge on any atom is 0.266 e. The van der Waals surface area contributed by atoms with Gasteiger partial charge in [-0.15, -0.1) is 0 Å². The highest BCUT2D eigenvalue weighted by atomic mass is 79.9. The van der Waals surface area contributed by atoms with Crippen LogP contribution in [0.2, 0.25) is 0 Å². The van der Waals surface area contributed by atoms with Crippen LogP contribution in [0.15, 0.2) is 56.8 Å². The van der Waals surface area contributed by atoms with E-state index in [1.165, 1.54) is 17.3 Å². The molecule has 0 saturated carbocycles. The topological polar surface area (TPSA) is 41.9 Å². The number of carbonyl (C=O) groups is 1. The Labute approximate surface area is 178 Å². The predicted octanol–water partition coefficient (Wildman–Crippen LogP) is 6.03. The van der Waals surface area contributed by atoms with Crippen LogP contribution in [-0.2, 0) is 4.79 Å². The monoisotopic (exact) mass is 458 g/mol. The number of nitrogens with zero attached hydrogens (tertiary/aromatic N) is 2. The fourth-order valence-electron chi connectivity index (χ4n) is 2.77. The van der Waals surface area contributed by atoms with Gasteiger partial charge >= 0.3 is 0 Å². The molecule has 28 heavy (non-hydrogen) atoms. The van der Waals surface area contributed by atoms with Crippen LogP contribution < -0.4 is 4.74 Å². The summed E-state index contributed by atoms with van der Waals surface area (Å²) in [4.78, 5) is 20.2. The predicted molar refractivity (Wildman–Crippen MR) is 121 cm³/mol. The minimum absolute atomic E-state index is 0.00324. The quantitative estimate of drug-likeness (QED) is 0.513. The number of hydrogen-bond acceptors (Lipinski definition) is 4. The fraction of sp³-hybridized carbons (Fsp3) is 0.273. The number of thioether (sulfide) groups is 1. The van der Waals surface area contributed by atoms with Gasteiger partial charge in [-0.3, -0.25) is 9.69 Å². The Kier molecular flexibility index (Phi) is 6.62. The maximum atomic E-state index is 13.0. The zero-order valence-electron chi connectivity index (χ0n) is 16.4. The van der Waals surface area contributed by atoms with Gasteiger partial charge in [0.1, 0.15) is 5.75 Å². The Morgan fingerprint density at radius 1 is 1.21 bits per heavy atom. The van der Waals surface area contributed by atoms with Crippen LogP contribution in [0.1, 0.15) is 25.0 Å². The van der Waals surface area contributed by atoms with Gasteiger partial charge in [0.05, 0.1) is 22.2 Å². The van der Waals surface area contributed by atoms with E-state index in [1.807, 2.05) is 55.5 Å². The van der Waals surface area contributed by atoms with Gasteiger partial charge in [-0.2, -0.15) is 0 Å². The van der Waals surface area contributed by atoms with Crippen LogP contribution in [0.3, 0.4) is 0 Å². The number of carbonyl (C=O) groups excluding carboxylic acids is 1. The second-order valence-electron chi connectivity index (χ2n) is 7.04. The second kappa shape index (κ2) is 8.97. The van der Waals surface area contributed by atoms with E-state index < -0.39 is 0 Å². The highest BCUT2D eigenvalue weighted by Crippen LogP contribution is 2.35. The van der Waals surface area contributed by atoms with Crippen molar-refractivity contribution in [3.8, 4) is 5.75 Å². The van der Waals surface area contributed by atoms with Gasteiger partial charge in [0.25, 0.3) is 5.91 Å². The molecule has 0 aromatic heterocycles. The molecule has 2 aromatic carbocycles. The SMILES string of the molecule is COc1ccc(/C=C2/SC(=Nc3ccc(C)cc3)N(CC(C)C)C2=O)cc1Br. The lowest BCUT2D eigenvalue weighted by atomic mass is 10.2. The standard InChI is InChI=1S/C22H23BrN2O2S/c1-14(2)13-25-21(26)20(12-16-7-10-19(27-4)18(23)11-16)28-22(25)24-17-8-5-15(3)6-9-17/h5-12,14H,13H2,1-4H3/b20-12+,24-22?. The van der Waals surface area contributed by atoms with E-state index in [-0.39, 0.29) is 5.91 Å². The first-order chi connectivity index (χ1) is 13.4. The summed E-state index contributed by atoms with van der Waals surface area (Å²) in [6.07, 6.45) is 1.90. The highest BCUT2D eigenvalue weighted by molar-refractivity contribution is 9.10. The molecule has 1 fully saturated rings. The number of aryl methyl sites for hydroxylation is 1. The minimum Gasteiger partial charge on any atom is -0.496 e. The minimum atomic E-state index is -0.00324. The summed E-state index contributed by atoms with van der Waals surface area (Å²) in [6.45, 7) is 6.89. The lowest BCUT2D eigenvalue weighted by Gasteiger charge is -2.17. The molecule has 1 saturated heterocycles. The van der Waals surface area contributed by atoms with Crippen molar-refractivity contribution in [2.45, 2.75) is 20.8 Å². The van der Waals surface area contributed by atoms with Crippen molar-refractivity contribution in [2.24, 2.45) is 10.9 Å². The molecular weight excluding hydrogens is 436 g/mol. The van der Waals surface area contributed by atoms with Gasteiger partial charge < -0.3 is 4.74 Å². The largest absolute Gasteiger partial charge is 0.496 e. The molecule has 3 rings (SSSR count). The number of benzene rings is 2. The molecule has 0 aliphatic carbocycles. The molecule has 0 bridgehead atoms. The number of amides is 1. The number of hydrogen-bond donors (Lipinski definition) is 0. The van der Waals surface area contributed by atoms with Crippen LogP contribution in [-0.4, -0.2) is 29.6 Å². The zero-order chi connectivity index (χ0) is 20.3. The average molecular weight is 459 g/mol. The smallest absolute Gasteiger partial charge is 0.266 e. The van der Waals surface area contributed by atoms with E-state index in [9.17, 15) is 4.79 Å². The van der Waals surface area contributed by atoms with Gasteiger partial charge in [0, 0.05) is 6.54 Å². The van der Waals surface area contributed by atoms with E-state index in [4.69, 9.17) is 9.73 Å². The molecule has 0 radical (unpaired) electrons. The maximum absolute atomic E-state index is 13.0. The summed E-state index contributed by atoms with van der Waals surface area (Å²) in [5, 5.41) is 0.724. The lowest BCUT2D eigenvalue weighted by molar-refractivity contribution is -0.122. The van der Waals surface area contributed by atoms with Crippen LogP contribution in [0.5, 0.6) is 5.75 Å².